The van der Waals surface area contributed by atoms with Crippen LogP contribution in [-0.4, -0.2) is 20.1 Å². The second kappa shape index (κ2) is 7.44. The standard InChI is InChI=1S/C21H17ClFN5O/c22-14-7-5-13(6-8-14)20-9-15(27-29-20)11-28-12-19-18(10-24-28)25-21(26-19)16-3-1-2-4-17(16)23/h1-9,24H,10-12H2,(H,25,26). The summed E-state index contributed by atoms with van der Waals surface area (Å²) in [6.45, 7) is 1.71. The van der Waals surface area contributed by atoms with Crippen molar-refractivity contribution in [2.45, 2.75) is 19.6 Å². The van der Waals surface area contributed by atoms with Crippen LogP contribution in [0.2, 0.25) is 5.02 Å². The zero-order valence-corrected chi connectivity index (χ0v) is 16.1. The summed E-state index contributed by atoms with van der Waals surface area (Å²) >= 11 is 5.93. The van der Waals surface area contributed by atoms with Gasteiger partial charge in [-0.2, -0.15) is 0 Å². The van der Waals surface area contributed by atoms with Gasteiger partial charge in [0.1, 0.15) is 11.6 Å². The monoisotopic (exact) mass is 409 g/mol. The average molecular weight is 410 g/mol. The lowest BCUT2D eigenvalue weighted by Crippen LogP contribution is -2.40. The van der Waals surface area contributed by atoms with Gasteiger partial charge in [0.05, 0.1) is 42.3 Å². The Kier molecular flexibility index (Phi) is 4.63. The molecule has 1 aliphatic heterocycles. The van der Waals surface area contributed by atoms with Crippen LogP contribution in [0.5, 0.6) is 0 Å². The summed E-state index contributed by atoms with van der Waals surface area (Å²) in [5.74, 6) is 0.946. The Balaban J connectivity index is 1.31. The second-order valence-electron chi connectivity index (χ2n) is 6.87. The number of halogens is 2. The summed E-state index contributed by atoms with van der Waals surface area (Å²) in [4.78, 5) is 7.80. The van der Waals surface area contributed by atoms with Crippen molar-refractivity contribution in [2.24, 2.45) is 0 Å². The summed E-state index contributed by atoms with van der Waals surface area (Å²) in [6, 6.07) is 16.0. The van der Waals surface area contributed by atoms with Gasteiger partial charge in [0.15, 0.2) is 5.76 Å². The minimum Gasteiger partial charge on any atom is -0.356 e. The van der Waals surface area contributed by atoms with Gasteiger partial charge in [-0.15, -0.1) is 0 Å². The molecule has 0 radical (unpaired) electrons. The molecule has 0 unspecified atom stereocenters. The number of aromatic nitrogens is 3. The first-order chi connectivity index (χ1) is 14.2. The lowest BCUT2D eigenvalue weighted by atomic mass is 10.1. The Morgan fingerprint density at radius 2 is 1.97 bits per heavy atom. The van der Waals surface area contributed by atoms with Crippen molar-refractivity contribution in [3.05, 3.63) is 82.5 Å². The van der Waals surface area contributed by atoms with E-state index in [1.807, 2.05) is 35.3 Å². The van der Waals surface area contributed by atoms with Gasteiger partial charge in [0.25, 0.3) is 0 Å². The number of benzene rings is 2. The lowest BCUT2D eigenvalue weighted by molar-refractivity contribution is 0.143. The van der Waals surface area contributed by atoms with E-state index in [0.29, 0.717) is 41.8 Å². The molecule has 3 heterocycles. The molecule has 0 bridgehead atoms. The first kappa shape index (κ1) is 18.1. The highest BCUT2D eigenvalue weighted by atomic mass is 35.5. The van der Waals surface area contributed by atoms with E-state index in [1.54, 1.807) is 18.2 Å². The number of rotatable bonds is 4. The zero-order valence-electron chi connectivity index (χ0n) is 15.3. The lowest BCUT2D eigenvalue weighted by Gasteiger charge is -2.25. The number of hydrogen-bond donors (Lipinski definition) is 2. The Morgan fingerprint density at radius 3 is 2.79 bits per heavy atom. The molecular formula is C21H17ClFN5O. The summed E-state index contributed by atoms with van der Waals surface area (Å²) in [5.41, 5.74) is 7.37. The van der Waals surface area contributed by atoms with Gasteiger partial charge in [-0.05, 0) is 36.4 Å². The largest absolute Gasteiger partial charge is 0.356 e. The molecule has 146 valence electrons. The fraction of sp³-hybridized carbons (Fsp3) is 0.143. The van der Waals surface area contributed by atoms with E-state index in [1.165, 1.54) is 6.07 Å². The molecule has 0 atom stereocenters. The van der Waals surface area contributed by atoms with Gasteiger partial charge in [0, 0.05) is 16.7 Å². The minimum atomic E-state index is -0.291. The number of H-pyrrole nitrogens is 1. The summed E-state index contributed by atoms with van der Waals surface area (Å²) in [6.07, 6.45) is 0. The molecule has 5 rings (SSSR count). The van der Waals surface area contributed by atoms with E-state index in [-0.39, 0.29) is 5.82 Å². The highest BCUT2D eigenvalue weighted by Gasteiger charge is 2.22. The molecule has 0 spiro atoms. The smallest absolute Gasteiger partial charge is 0.167 e. The Morgan fingerprint density at radius 1 is 1.14 bits per heavy atom. The third-order valence-corrected chi connectivity index (χ3v) is 5.10. The van der Waals surface area contributed by atoms with Crippen LogP contribution in [0.3, 0.4) is 0 Å². The van der Waals surface area contributed by atoms with Crippen molar-refractivity contribution < 1.29 is 8.91 Å². The molecule has 0 aliphatic carbocycles. The fourth-order valence-electron chi connectivity index (χ4n) is 3.38. The fourth-order valence-corrected chi connectivity index (χ4v) is 3.51. The molecule has 2 N–H and O–H groups in total. The number of aromatic amines is 1. The van der Waals surface area contributed by atoms with Gasteiger partial charge < -0.3 is 9.51 Å². The van der Waals surface area contributed by atoms with Crippen molar-refractivity contribution in [1.82, 2.24) is 25.6 Å². The van der Waals surface area contributed by atoms with Crippen molar-refractivity contribution >= 4 is 11.6 Å². The van der Waals surface area contributed by atoms with E-state index in [2.05, 4.69) is 20.6 Å². The van der Waals surface area contributed by atoms with Crippen molar-refractivity contribution in [3.63, 3.8) is 0 Å². The maximum atomic E-state index is 14.1. The first-order valence-corrected chi connectivity index (χ1v) is 9.56. The molecule has 0 saturated carbocycles. The van der Waals surface area contributed by atoms with E-state index in [0.717, 1.165) is 22.6 Å². The zero-order chi connectivity index (χ0) is 19.8. The van der Waals surface area contributed by atoms with Gasteiger partial charge in [-0.25, -0.2) is 19.8 Å². The van der Waals surface area contributed by atoms with Crippen LogP contribution in [0.25, 0.3) is 22.7 Å². The molecule has 0 fully saturated rings. The molecule has 2 aromatic heterocycles. The number of nitrogens with zero attached hydrogens (tertiary/aromatic N) is 3. The predicted octanol–water partition coefficient (Wildman–Crippen LogP) is 4.54. The maximum Gasteiger partial charge on any atom is 0.167 e. The Bertz CT molecular complexity index is 1150. The van der Waals surface area contributed by atoms with E-state index >= 15 is 0 Å². The molecule has 4 aromatic rings. The number of fused-ring (bicyclic) bond motifs is 1. The number of hydrazine groups is 1. The summed E-state index contributed by atoms with van der Waals surface area (Å²) < 4.78 is 19.5. The summed E-state index contributed by atoms with van der Waals surface area (Å²) in [7, 11) is 0. The number of imidazole rings is 1. The number of hydrogen-bond acceptors (Lipinski definition) is 5. The highest BCUT2D eigenvalue weighted by molar-refractivity contribution is 6.30. The average Bonchev–Trinajstić information content (AvgIpc) is 3.35. The van der Waals surface area contributed by atoms with E-state index in [4.69, 9.17) is 16.1 Å². The van der Waals surface area contributed by atoms with Crippen molar-refractivity contribution in [2.75, 3.05) is 0 Å². The minimum absolute atomic E-state index is 0.291. The molecule has 1 aliphatic rings. The van der Waals surface area contributed by atoms with Crippen LogP contribution in [0.4, 0.5) is 4.39 Å². The van der Waals surface area contributed by atoms with Crippen LogP contribution < -0.4 is 5.43 Å². The van der Waals surface area contributed by atoms with E-state index in [9.17, 15) is 4.39 Å². The van der Waals surface area contributed by atoms with Crippen molar-refractivity contribution in [3.8, 4) is 22.7 Å². The molecule has 29 heavy (non-hydrogen) atoms. The SMILES string of the molecule is Fc1ccccc1-c1nc2c([nH]1)CN(Cc1cc(-c3ccc(Cl)cc3)on1)NC2. The van der Waals surface area contributed by atoms with Crippen LogP contribution in [-0.2, 0) is 19.6 Å². The summed E-state index contributed by atoms with van der Waals surface area (Å²) in [5, 5.41) is 6.86. The highest BCUT2D eigenvalue weighted by Crippen LogP contribution is 2.25. The van der Waals surface area contributed by atoms with Crippen molar-refractivity contribution in [1.29, 1.82) is 0 Å². The van der Waals surface area contributed by atoms with Gasteiger partial charge >= 0.3 is 0 Å². The molecular weight excluding hydrogens is 393 g/mol. The Labute approximate surface area is 171 Å². The number of nitrogens with one attached hydrogen (secondary N) is 2. The molecule has 0 saturated heterocycles. The topological polar surface area (TPSA) is 70.0 Å². The van der Waals surface area contributed by atoms with Crippen LogP contribution in [0.15, 0.2) is 59.1 Å². The quantitative estimate of drug-likeness (QED) is 0.517. The Hall–Kier alpha value is -3.00. The molecule has 8 heteroatoms. The maximum absolute atomic E-state index is 14.1. The third-order valence-electron chi connectivity index (χ3n) is 4.85. The van der Waals surface area contributed by atoms with Crippen LogP contribution in [0.1, 0.15) is 17.1 Å². The van der Waals surface area contributed by atoms with Gasteiger partial charge in [-0.3, -0.25) is 0 Å². The first-order valence-electron chi connectivity index (χ1n) is 9.18. The van der Waals surface area contributed by atoms with E-state index < -0.39 is 0 Å². The molecule has 6 nitrogen and oxygen atoms in total. The normalized spacial score (nSPS) is 14.1. The second-order valence-corrected chi connectivity index (χ2v) is 7.31. The predicted molar refractivity (Wildman–Crippen MR) is 107 cm³/mol. The van der Waals surface area contributed by atoms with Crippen LogP contribution >= 0.6 is 11.6 Å². The molecule has 0 amide bonds. The van der Waals surface area contributed by atoms with Crippen LogP contribution in [0, 0.1) is 5.82 Å². The van der Waals surface area contributed by atoms with Gasteiger partial charge in [-0.1, -0.05) is 28.9 Å². The third kappa shape index (κ3) is 3.67. The van der Waals surface area contributed by atoms with Gasteiger partial charge in [0.2, 0.25) is 0 Å². The molecule has 2 aromatic carbocycles.